The third-order valence-electron chi connectivity index (χ3n) is 3.33. The predicted octanol–water partition coefficient (Wildman–Crippen LogP) is 3.30. The summed E-state index contributed by atoms with van der Waals surface area (Å²) in [6.07, 6.45) is 0.141. The Bertz CT molecular complexity index is 455. The van der Waals surface area contributed by atoms with Gasteiger partial charge in [-0.1, -0.05) is 43.3 Å². The van der Waals surface area contributed by atoms with Crippen molar-refractivity contribution < 1.29 is 5.11 Å². The molecule has 3 atom stereocenters. The molecule has 0 aliphatic carbocycles. The summed E-state index contributed by atoms with van der Waals surface area (Å²) in [6.45, 7) is 2.11. The van der Waals surface area contributed by atoms with E-state index in [-0.39, 0.29) is 12.0 Å². The first-order chi connectivity index (χ1) is 8.68. The molecule has 0 radical (unpaired) electrons. The Balaban J connectivity index is 1.98. The second-order valence-corrected chi connectivity index (χ2v) is 5.61. The van der Waals surface area contributed by atoms with Gasteiger partial charge in [0.25, 0.3) is 0 Å². The minimum Gasteiger partial charge on any atom is -0.388 e. The molecule has 0 aliphatic heterocycles. The number of aliphatic hydroxyl groups excluding tert-OH is 1. The van der Waals surface area contributed by atoms with Crippen LogP contribution in [0.4, 0.5) is 0 Å². The molecule has 0 saturated carbocycles. The van der Waals surface area contributed by atoms with Crippen LogP contribution in [0.3, 0.4) is 0 Å². The maximum Gasteiger partial charge on any atom is 0.0896 e. The Morgan fingerprint density at radius 1 is 1.17 bits per heavy atom. The average Bonchev–Trinajstić information content (AvgIpc) is 2.92. The van der Waals surface area contributed by atoms with Gasteiger partial charge >= 0.3 is 0 Å². The summed E-state index contributed by atoms with van der Waals surface area (Å²) in [5.74, 6) is 0.251. The topological polar surface area (TPSA) is 46.2 Å². The Morgan fingerprint density at radius 3 is 2.50 bits per heavy atom. The fourth-order valence-electron chi connectivity index (χ4n) is 2.06. The van der Waals surface area contributed by atoms with E-state index in [0.717, 1.165) is 4.88 Å². The van der Waals surface area contributed by atoms with E-state index in [9.17, 15) is 5.11 Å². The molecule has 3 N–H and O–H groups in total. The Morgan fingerprint density at radius 2 is 1.89 bits per heavy atom. The lowest BCUT2D eigenvalue weighted by molar-refractivity contribution is 0.157. The second-order valence-electron chi connectivity index (χ2n) is 4.63. The minimum atomic E-state index is -0.453. The monoisotopic (exact) mass is 261 g/mol. The van der Waals surface area contributed by atoms with Crippen molar-refractivity contribution in [2.45, 2.75) is 31.4 Å². The molecule has 1 aromatic carbocycles. The zero-order valence-corrected chi connectivity index (χ0v) is 11.3. The number of thiophene rings is 1. The smallest absolute Gasteiger partial charge is 0.0896 e. The molecular weight excluding hydrogens is 242 g/mol. The molecule has 18 heavy (non-hydrogen) atoms. The van der Waals surface area contributed by atoms with Gasteiger partial charge in [0.1, 0.15) is 0 Å². The summed E-state index contributed by atoms with van der Waals surface area (Å²) in [6, 6.07) is 14.1. The van der Waals surface area contributed by atoms with E-state index in [2.05, 4.69) is 19.1 Å². The van der Waals surface area contributed by atoms with Crippen LogP contribution < -0.4 is 5.73 Å². The molecule has 2 rings (SSSR count). The molecular formula is C15H19NOS. The van der Waals surface area contributed by atoms with Crippen LogP contribution in [-0.4, -0.2) is 11.1 Å². The zero-order valence-electron chi connectivity index (χ0n) is 10.5. The van der Waals surface area contributed by atoms with Gasteiger partial charge in [0, 0.05) is 10.9 Å². The number of aliphatic hydroxyl groups is 1. The minimum absolute atomic E-state index is 0.0375. The molecule has 96 valence electrons. The van der Waals surface area contributed by atoms with E-state index in [1.54, 1.807) is 11.3 Å². The van der Waals surface area contributed by atoms with Crippen molar-refractivity contribution in [2.24, 2.45) is 5.73 Å². The Kier molecular flexibility index (Phi) is 4.53. The summed E-state index contributed by atoms with van der Waals surface area (Å²) in [4.78, 5) is 0.991. The highest BCUT2D eigenvalue weighted by atomic mass is 32.1. The van der Waals surface area contributed by atoms with Crippen LogP contribution in [0, 0.1) is 0 Å². The lowest BCUT2D eigenvalue weighted by Gasteiger charge is -2.22. The third kappa shape index (κ3) is 3.19. The Hall–Kier alpha value is -1.16. The van der Waals surface area contributed by atoms with Crippen molar-refractivity contribution in [2.75, 3.05) is 0 Å². The largest absolute Gasteiger partial charge is 0.388 e. The van der Waals surface area contributed by atoms with Crippen LogP contribution in [0.25, 0.3) is 0 Å². The molecule has 3 heteroatoms. The number of rotatable bonds is 5. The van der Waals surface area contributed by atoms with Crippen LogP contribution in [0.15, 0.2) is 47.8 Å². The maximum atomic E-state index is 10.1. The quantitative estimate of drug-likeness (QED) is 0.867. The summed E-state index contributed by atoms with van der Waals surface area (Å²) in [7, 11) is 0. The second kappa shape index (κ2) is 6.14. The highest BCUT2D eigenvalue weighted by molar-refractivity contribution is 7.10. The van der Waals surface area contributed by atoms with E-state index < -0.39 is 6.10 Å². The van der Waals surface area contributed by atoms with Gasteiger partial charge < -0.3 is 10.8 Å². The molecule has 2 aromatic rings. The van der Waals surface area contributed by atoms with Crippen LogP contribution in [0.5, 0.6) is 0 Å². The highest BCUT2D eigenvalue weighted by Gasteiger charge is 2.19. The van der Waals surface area contributed by atoms with Crippen LogP contribution in [0.1, 0.15) is 35.8 Å². The van der Waals surface area contributed by atoms with Gasteiger partial charge in [0.2, 0.25) is 0 Å². The molecule has 3 unspecified atom stereocenters. The average molecular weight is 261 g/mol. The first kappa shape index (κ1) is 13.3. The molecule has 0 spiro atoms. The van der Waals surface area contributed by atoms with Gasteiger partial charge in [-0.2, -0.15) is 0 Å². The molecule has 0 saturated heterocycles. The van der Waals surface area contributed by atoms with E-state index in [1.807, 2.05) is 35.7 Å². The van der Waals surface area contributed by atoms with Gasteiger partial charge in [-0.25, -0.2) is 0 Å². The Labute approximate surface area is 112 Å². The van der Waals surface area contributed by atoms with E-state index in [0.29, 0.717) is 6.42 Å². The fourth-order valence-corrected chi connectivity index (χ4v) is 2.79. The van der Waals surface area contributed by atoms with Crippen LogP contribution in [0.2, 0.25) is 0 Å². The predicted molar refractivity (Wildman–Crippen MR) is 76.7 cm³/mol. The molecule has 1 heterocycles. The lowest BCUT2D eigenvalue weighted by atomic mass is 9.90. The van der Waals surface area contributed by atoms with Gasteiger partial charge in [0.05, 0.1) is 6.10 Å². The molecule has 0 amide bonds. The van der Waals surface area contributed by atoms with E-state index in [1.165, 1.54) is 5.56 Å². The number of hydrogen-bond acceptors (Lipinski definition) is 3. The molecule has 0 aliphatic rings. The molecule has 0 bridgehead atoms. The van der Waals surface area contributed by atoms with Crippen molar-refractivity contribution in [1.29, 1.82) is 0 Å². The van der Waals surface area contributed by atoms with Crippen molar-refractivity contribution in [3.05, 3.63) is 58.3 Å². The third-order valence-corrected chi connectivity index (χ3v) is 4.31. The summed E-state index contributed by atoms with van der Waals surface area (Å²) >= 11 is 1.57. The summed E-state index contributed by atoms with van der Waals surface area (Å²) < 4.78 is 0. The fraction of sp³-hybridized carbons (Fsp3) is 0.333. The number of hydrogen-bond donors (Lipinski definition) is 2. The number of nitrogens with two attached hydrogens (primary N) is 1. The molecule has 0 fully saturated rings. The number of benzene rings is 1. The standard InChI is InChI=1S/C15H19NOS/c1-11(12-6-3-2-4-7-12)13(16)10-14(17)15-8-5-9-18-15/h2-9,11,13-14,17H,10,16H2,1H3. The first-order valence-electron chi connectivity index (χ1n) is 6.20. The van der Waals surface area contributed by atoms with Crippen molar-refractivity contribution in [3.8, 4) is 0 Å². The highest BCUT2D eigenvalue weighted by Crippen LogP contribution is 2.27. The molecule has 1 aromatic heterocycles. The van der Waals surface area contributed by atoms with Crippen molar-refractivity contribution >= 4 is 11.3 Å². The van der Waals surface area contributed by atoms with Crippen LogP contribution >= 0.6 is 11.3 Å². The lowest BCUT2D eigenvalue weighted by Crippen LogP contribution is -2.28. The van der Waals surface area contributed by atoms with Gasteiger partial charge in [-0.05, 0) is 29.3 Å². The SMILES string of the molecule is CC(c1ccccc1)C(N)CC(O)c1cccs1. The van der Waals surface area contributed by atoms with Gasteiger partial charge in [-0.15, -0.1) is 11.3 Å². The van der Waals surface area contributed by atoms with E-state index >= 15 is 0 Å². The van der Waals surface area contributed by atoms with Gasteiger partial charge in [0.15, 0.2) is 0 Å². The summed E-state index contributed by atoms with van der Waals surface area (Å²) in [5.41, 5.74) is 7.43. The van der Waals surface area contributed by atoms with Gasteiger partial charge in [-0.3, -0.25) is 0 Å². The first-order valence-corrected chi connectivity index (χ1v) is 7.08. The zero-order chi connectivity index (χ0) is 13.0. The normalized spacial score (nSPS) is 16.2. The summed E-state index contributed by atoms with van der Waals surface area (Å²) in [5, 5.41) is 12.1. The molecule has 2 nitrogen and oxygen atoms in total. The van der Waals surface area contributed by atoms with Crippen LogP contribution in [-0.2, 0) is 0 Å². The van der Waals surface area contributed by atoms with Crippen molar-refractivity contribution in [1.82, 2.24) is 0 Å². The van der Waals surface area contributed by atoms with Crippen molar-refractivity contribution in [3.63, 3.8) is 0 Å². The maximum absolute atomic E-state index is 10.1. The van der Waals surface area contributed by atoms with E-state index in [4.69, 9.17) is 5.73 Å².